The van der Waals surface area contributed by atoms with Crippen molar-refractivity contribution in [2.75, 3.05) is 7.11 Å². The Bertz CT molecular complexity index is 795. The number of aromatic nitrogens is 1. The van der Waals surface area contributed by atoms with Crippen LogP contribution in [0.5, 0.6) is 5.75 Å². The molecule has 0 saturated heterocycles. The van der Waals surface area contributed by atoms with Gasteiger partial charge in [-0.2, -0.15) is 0 Å². The second kappa shape index (κ2) is 5.98. The van der Waals surface area contributed by atoms with Crippen molar-refractivity contribution in [3.05, 3.63) is 72.0 Å². The van der Waals surface area contributed by atoms with Gasteiger partial charge in [-0.25, -0.2) is 0 Å². The summed E-state index contributed by atoms with van der Waals surface area (Å²) in [6, 6.07) is 19.2. The molecule has 3 nitrogen and oxygen atoms in total. The SMILES string of the molecule is COc1ccccc1-c1cc(C#Cc2ccccc2)on1. The molecule has 0 saturated carbocycles. The number of hydrogen-bond acceptors (Lipinski definition) is 3. The summed E-state index contributed by atoms with van der Waals surface area (Å²) >= 11 is 0. The lowest BCUT2D eigenvalue weighted by atomic mass is 10.1. The van der Waals surface area contributed by atoms with E-state index in [1.807, 2.05) is 60.7 Å². The van der Waals surface area contributed by atoms with Crippen molar-refractivity contribution < 1.29 is 9.26 Å². The average molecular weight is 275 g/mol. The van der Waals surface area contributed by atoms with E-state index in [1.54, 1.807) is 7.11 Å². The third-order valence-corrected chi connectivity index (χ3v) is 3.00. The summed E-state index contributed by atoms with van der Waals surface area (Å²) in [4.78, 5) is 0. The summed E-state index contributed by atoms with van der Waals surface area (Å²) in [5.74, 6) is 7.29. The monoisotopic (exact) mass is 275 g/mol. The summed E-state index contributed by atoms with van der Waals surface area (Å²) in [7, 11) is 1.63. The fourth-order valence-electron chi connectivity index (χ4n) is 1.97. The van der Waals surface area contributed by atoms with Gasteiger partial charge < -0.3 is 9.26 Å². The van der Waals surface area contributed by atoms with E-state index >= 15 is 0 Å². The lowest BCUT2D eigenvalue weighted by Gasteiger charge is -2.03. The van der Waals surface area contributed by atoms with Crippen molar-refractivity contribution in [3.8, 4) is 28.8 Å². The van der Waals surface area contributed by atoms with E-state index in [9.17, 15) is 0 Å². The van der Waals surface area contributed by atoms with E-state index in [0.29, 0.717) is 11.5 Å². The van der Waals surface area contributed by atoms with Crippen LogP contribution in [0.25, 0.3) is 11.3 Å². The summed E-state index contributed by atoms with van der Waals surface area (Å²) in [5.41, 5.74) is 2.54. The molecule has 3 heteroatoms. The van der Waals surface area contributed by atoms with Crippen LogP contribution in [-0.4, -0.2) is 12.3 Å². The van der Waals surface area contributed by atoms with Gasteiger partial charge in [0.1, 0.15) is 11.4 Å². The van der Waals surface area contributed by atoms with E-state index < -0.39 is 0 Å². The molecule has 0 bridgehead atoms. The lowest BCUT2D eigenvalue weighted by molar-refractivity contribution is 0.407. The first-order chi connectivity index (χ1) is 10.4. The van der Waals surface area contributed by atoms with Gasteiger partial charge in [-0.1, -0.05) is 41.4 Å². The molecule has 1 aromatic heterocycles. The van der Waals surface area contributed by atoms with E-state index in [2.05, 4.69) is 17.0 Å². The van der Waals surface area contributed by atoms with Crippen molar-refractivity contribution in [3.63, 3.8) is 0 Å². The van der Waals surface area contributed by atoms with E-state index in [1.165, 1.54) is 0 Å². The molecule has 0 aliphatic rings. The zero-order valence-electron chi connectivity index (χ0n) is 11.5. The van der Waals surface area contributed by atoms with Gasteiger partial charge in [0, 0.05) is 17.2 Å². The molecule has 21 heavy (non-hydrogen) atoms. The van der Waals surface area contributed by atoms with Gasteiger partial charge in [-0.05, 0) is 30.2 Å². The Kier molecular flexibility index (Phi) is 3.70. The largest absolute Gasteiger partial charge is 0.496 e. The standard InChI is InChI=1S/C18H13NO2/c1-20-18-10-6-5-9-16(18)17-13-15(21-19-17)12-11-14-7-3-2-4-8-14/h2-10,13H,1H3. The topological polar surface area (TPSA) is 35.3 Å². The first-order valence-corrected chi connectivity index (χ1v) is 6.54. The van der Waals surface area contributed by atoms with Gasteiger partial charge in [0.2, 0.25) is 5.76 Å². The number of rotatable bonds is 2. The molecule has 0 spiro atoms. The molecule has 0 atom stereocenters. The average Bonchev–Trinajstić information content (AvgIpc) is 3.02. The molecule has 0 radical (unpaired) electrons. The number of nitrogens with zero attached hydrogens (tertiary/aromatic N) is 1. The Morgan fingerprint density at radius 1 is 0.952 bits per heavy atom. The van der Waals surface area contributed by atoms with Crippen LogP contribution in [0.3, 0.4) is 0 Å². The number of methoxy groups -OCH3 is 1. The highest BCUT2D eigenvalue weighted by Gasteiger charge is 2.09. The number of benzene rings is 2. The van der Waals surface area contributed by atoms with Crippen LogP contribution < -0.4 is 4.74 Å². The molecule has 2 aromatic carbocycles. The molecule has 0 aliphatic heterocycles. The van der Waals surface area contributed by atoms with Gasteiger partial charge in [0.25, 0.3) is 0 Å². The third-order valence-electron chi connectivity index (χ3n) is 3.00. The maximum Gasteiger partial charge on any atom is 0.210 e. The number of para-hydroxylation sites is 1. The van der Waals surface area contributed by atoms with Crippen LogP contribution in [0.1, 0.15) is 11.3 Å². The highest BCUT2D eigenvalue weighted by Crippen LogP contribution is 2.28. The minimum atomic E-state index is 0.528. The minimum absolute atomic E-state index is 0.528. The van der Waals surface area contributed by atoms with E-state index in [0.717, 1.165) is 16.9 Å². The molecule has 1 heterocycles. The quantitative estimate of drug-likeness (QED) is 0.668. The Labute approximate surface area is 123 Å². The van der Waals surface area contributed by atoms with Gasteiger partial charge in [-0.15, -0.1) is 0 Å². The maximum atomic E-state index is 5.32. The predicted octanol–water partition coefficient (Wildman–Crippen LogP) is 3.75. The molecule has 0 aliphatic carbocycles. The van der Waals surface area contributed by atoms with Crippen LogP contribution in [0.2, 0.25) is 0 Å². The molecular weight excluding hydrogens is 262 g/mol. The Balaban J connectivity index is 1.89. The Morgan fingerprint density at radius 2 is 1.71 bits per heavy atom. The summed E-state index contributed by atoms with van der Waals surface area (Å²) in [5, 5.41) is 4.05. The van der Waals surface area contributed by atoms with Gasteiger partial charge in [-0.3, -0.25) is 0 Å². The Morgan fingerprint density at radius 3 is 2.52 bits per heavy atom. The fraction of sp³-hybridized carbons (Fsp3) is 0.0556. The normalized spacial score (nSPS) is 9.76. The highest BCUT2D eigenvalue weighted by molar-refractivity contribution is 5.67. The molecule has 0 amide bonds. The molecule has 0 fully saturated rings. The van der Waals surface area contributed by atoms with E-state index in [4.69, 9.17) is 9.26 Å². The summed E-state index contributed by atoms with van der Waals surface area (Å²) in [6.45, 7) is 0. The second-order valence-electron chi connectivity index (χ2n) is 4.39. The molecular formula is C18H13NO2. The van der Waals surface area contributed by atoms with Crippen molar-refractivity contribution in [2.24, 2.45) is 0 Å². The lowest BCUT2D eigenvalue weighted by Crippen LogP contribution is -1.86. The zero-order valence-corrected chi connectivity index (χ0v) is 11.5. The molecule has 102 valence electrons. The van der Waals surface area contributed by atoms with Crippen LogP contribution in [-0.2, 0) is 0 Å². The summed E-state index contributed by atoms with van der Waals surface area (Å²) < 4.78 is 10.6. The third kappa shape index (κ3) is 2.96. The van der Waals surface area contributed by atoms with Gasteiger partial charge in [0.15, 0.2) is 0 Å². The molecule has 0 unspecified atom stereocenters. The van der Waals surface area contributed by atoms with Crippen LogP contribution in [0, 0.1) is 11.8 Å². The van der Waals surface area contributed by atoms with E-state index in [-0.39, 0.29) is 0 Å². The number of hydrogen-bond donors (Lipinski definition) is 0. The highest BCUT2D eigenvalue weighted by atomic mass is 16.5. The van der Waals surface area contributed by atoms with Crippen molar-refractivity contribution in [2.45, 2.75) is 0 Å². The van der Waals surface area contributed by atoms with Crippen LogP contribution in [0.15, 0.2) is 65.2 Å². The number of ether oxygens (including phenoxy) is 1. The second-order valence-corrected chi connectivity index (χ2v) is 4.39. The van der Waals surface area contributed by atoms with Crippen molar-refractivity contribution in [1.82, 2.24) is 5.16 Å². The fourth-order valence-corrected chi connectivity index (χ4v) is 1.97. The molecule has 0 N–H and O–H groups in total. The first-order valence-electron chi connectivity index (χ1n) is 6.54. The first kappa shape index (κ1) is 13.0. The van der Waals surface area contributed by atoms with Gasteiger partial charge in [0.05, 0.1) is 7.11 Å². The minimum Gasteiger partial charge on any atom is -0.496 e. The predicted molar refractivity (Wildman–Crippen MR) is 80.9 cm³/mol. The van der Waals surface area contributed by atoms with Crippen LogP contribution in [0.4, 0.5) is 0 Å². The van der Waals surface area contributed by atoms with Crippen LogP contribution >= 0.6 is 0 Å². The van der Waals surface area contributed by atoms with Crippen molar-refractivity contribution in [1.29, 1.82) is 0 Å². The van der Waals surface area contributed by atoms with Crippen molar-refractivity contribution >= 4 is 0 Å². The maximum absolute atomic E-state index is 5.32. The summed E-state index contributed by atoms with van der Waals surface area (Å²) in [6.07, 6.45) is 0. The van der Waals surface area contributed by atoms with Gasteiger partial charge >= 0.3 is 0 Å². The Hall–Kier alpha value is -2.99. The smallest absolute Gasteiger partial charge is 0.210 e. The molecule has 3 rings (SSSR count). The molecule has 3 aromatic rings. The zero-order chi connectivity index (χ0) is 14.5.